The zero-order valence-corrected chi connectivity index (χ0v) is 27.2. The molecule has 0 heterocycles. The Bertz CT molecular complexity index is 749. The Labute approximate surface area is 238 Å². The Morgan fingerprint density at radius 1 is 0.730 bits per heavy atom. The molecule has 0 spiro atoms. The first-order valence-electron chi connectivity index (χ1n) is 9.91. The molecule has 0 radical (unpaired) electrons. The summed E-state index contributed by atoms with van der Waals surface area (Å²) in [7, 11) is 4.45. The number of allylic oxidation sites excluding steroid dienone is 8. The maximum Gasteiger partial charge on any atom is 4.00 e. The second-order valence-electron chi connectivity index (χ2n) is 6.19. The van der Waals surface area contributed by atoms with Crippen molar-refractivity contribution in [2.24, 2.45) is 0 Å². The van der Waals surface area contributed by atoms with Gasteiger partial charge >= 0.3 is 55.4 Å². The van der Waals surface area contributed by atoms with Gasteiger partial charge in [-0.2, -0.15) is 22.5 Å². The van der Waals surface area contributed by atoms with Crippen molar-refractivity contribution < 1.29 is 82.4 Å². The van der Waals surface area contributed by atoms with Crippen LogP contribution in [0.2, 0.25) is 0 Å². The summed E-state index contributed by atoms with van der Waals surface area (Å²) in [6.07, 6.45) is 15.8. The van der Waals surface area contributed by atoms with Gasteiger partial charge in [-0.15, -0.1) is 12.8 Å². The third kappa shape index (κ3) is 14.0. The fraction of sp³-hybridized carbons (Fsp3) is 0.364. The van der Waals surface area contributed by atoms with Crippen molar-refractivity contribution in [3.8, 4) is 0 Å². The van der Waals surface area contributed by atoms with Gasteiger partial charge in [0, 0.05) is 42.7 Å². The van der Waals surface area contributed by atoms with Crippen LogP contribution in [0.1, 0.15) is 12.8 Å². The Balaban J connectivity index is -0.000000436. The van der Waals surface area contributed by atoms with Crippen molar-refractivity contribution >= 4 is 29.5 Å². The number of hydrogen-bond acceptors (Lipinski definition) is 10. The Hall–Kier alpha value is -1.96. The van der Waals surface area contributed by atoms with Gasteiger partial charge in [0.25, 0.3) is 0 Å². The Kier molecular flexibility index (Phi) is 22.5. The molecule has 0 bridgehead atoms. The van der Waals surface area contributed by atoms with Gasteiger partial charge in [-0.3, -0.25) is 12.2 Å². The smallest absolute Gasteiger partial charge is 0.868 e. The van der Waals surface area contributed by atoms with Crippen LogP contribution in [0, 0.1) is 12.2 Å². The average molecular weight is 723 g/mol. The summed E-state index contributed by atoms with van der Waals surface area (Å²) in [4.78, 5) is 18.6. The van der Waals surface area contributed by atoms with Crippen LogP contribution in [-0.4, -0.2) is 82.4 Å². The minimum Gasteiger partial charge on any atom is -0.868 e. The van der Waals surface area contributed by atoms with Crippen LogP contribution >= 0.6 is 0 Å². The van der Waals surface area contributed by atoms with Gasteiger partial charge in [0.1, 0.15) is 0 Å². The molecule has 2 rings (SSSR count). The summed E-state index contributed by atoms with van der Waals surface area (Å²) in [5.41, 5.74) is 0. The number of rotatable bonds is 10. The minimum absolute atomic E-state index is 0. The van der Waals surface area contributed by atoms with Crippen molar-refractivity contribution in [2.45, 2.75) is 12.8 Å². The molecule has 2 aliphatic carbocycles. The van der Waals surface area contributed by atoms with Crippen LogP contribution in [0.5, 0.6) is 0 Å². The zero-order chi connectivity index (χ0) is 28.4. The van der Waals surface area contributed by atoms with Crippen LogP contribution in [0.3, 0.4) is 0 Å². The Morgan fingerprint density at radius 2 is 0.946 bits per heavy atom. The SMILES string of the molecule is C=C([O-])C(=O)O.C=C([O-])C(=O)O.CO[Si](OC)(OC)C1=[C-]CC=C1.CO[Si](OC)(OC)C1=[C-]CC=C1.[Hf+4]. The molecule has 2 N–H and O–H groups in total. The molecule has 0 aromatic rings. The number of carbonyl (C=O) groups is 2. The van der Waals surface area contributed by atoms with E-state index in [9.17, 15) is 19.8 Å². The molecule has 0 saturated carbocycles. The molecule has 0 aliphatic heterocycles. The van der Waals surface area contributed by atoms with Crippen LogP contribution in [0.25, 0.3) is 0 Å². The van der Waals surface area contributed by atoms with E-state index >= 15 is 0 Å². The summed E-state index contributed by atoms with van der Waals surface area (Å²) in [5.74, 6) is -5.13. The number of aliphatic carboxylic acids is 2. The van der Waals surface area contributed by atoms with Crippen molar-refractivity contribution in [2.75, 3.05) is 42.7 Å². The molecule has 0 aromatic heterocycles. The Morgan fingerprint density at radius 3 is 1.05 bits per heavy atom. The summed E-state index contributed by atoms with van der Waals surface area (Å²) < 4.78 is 31.6. The first-order chi connectivity index (χ1) is 16.9. The van der Waals surface area contributed by atoms with Crippen molar-refractivity contribution in [1.29, 1.82) is 0 Å². The van der Waals surface area contributed by atoms with E-state index in [4.69, 9.17) is 36.8 Å². The summed E-state index contributed by atoms with van der Waals surface area (Å²) >= 11 is 0. The maximum absolute atomic E-state index is 9.43. The van der Waals surface area contributed by atoms with Crippen molar-refractivity contribution in [3.63, 3.8) is 0 Å². The standard InChI is InChI=1S/2C8H13O3Si.2C3H4O3.Hf/c2*1-9-12(10-2,11-3)8-6-4-5-7-8;2*1-2(4)3(5)6;/h2*4,6H,5H2,1-3H3;2*4H,1H2,(H,5,6);/q2*-1;;;+4/p-2. The molecule has 0 amide bonds. The monoisotopic (exact) mass is 724 g/mol. The summed E-state index contributed by atoms with van der Waals surface area (Å²) in [6, 6.07) is 0. The van der Waals surface area contributed by atoms with Crippen LogP contribution in [0.15, 0.2) is 59.4 Å². The molecular formula is C22H32HfO12Si2. The van der Waals surface area contributed by atoms with Gasteiger partial charge in [0.2, 0.25) is 0 Å². The van der Waals surface area contributed by atoms with Crippen LogP contribution < -0.4 is 10.2 Å². The first-order valence-corrected chi connectivity index (χ1v) is 13.4. The molecule has 12 nitrogen and oxygen atoms in total. The predicted molar refractivity (Wildman–Crippen MR) is 128 cm³/mol. The van der Waals surface area contributed by atoms with Gasteiger partial charge < -0.3 is 47.0 Å². The van der Waals surface area contributed by atoms with Crippen molar-refractivity contribution in [3.05, 3.63) is 71.5 Å². The quantitative estimate of drug-likeness (QED) is 0.135. The van der Waals surface area contributed by atoms with E-state index in [2.05, 4.69) is 25.3 Å². The molecule has 0 atom stereocenters. The third-order valence-corrected chi connectivity index (χ3v) is 9.37. The van der Waals surface area contributed by atoms with Gasteiger partial charge in [-0.05, 0) is 11.5 Å². The normalized spacial score (nSPS) is 13.2. The van der Waals surface area contributed by atoms with E-state index in [-0.39, 0.29) is 25.8 Å². The molecule has 15 heteroatoms. The second kappa shape index (κ2) is 21.0. The molecular weight excluding hydrogens is 691 g/mol. The molecule has 37 heavy (non-hydrogen) atoms. The third-order valence-electron chi connectivity index (χ3n) is 4.14. The van der Waals surface area contributed by atoms with Gasteiger partial charge in [0.05, 0.1) is 0 Å². The minimum atomic E-state index is -2.57. The van der Waals surface area contributed by atoms with E-state index in [0.29, 0.717) is 0 Å². The van der Waals surface area contributed by atoms with Gasteiger partial charge in [-0.25, -0.2) is 21.7 Å². The van der Waals surface area contributed by atoms with E-state index in [1.165, 1.54) is 0 Å². The van der Waals surface area contributed by atoms with E-state index in [1.807, 2.05) is 24.3 Å². The second-order valence-corrected chi connectivity index (χ2v) is 11.9. The zero-order valence-electron chi connectivity index (χ0n) is 21.6. The van der Waals surface area contributed by atoms with Crippen LogP contribution in [-0.2, 0) is 62.0 Å². The van der Waals surface area contributed by atoms with Gasteiger partial charge in [0.15, 0.2) is 0 Å². The molecule has 0 fully saturated rings. The maximum atomic E-state index is 9.43. The fourth-order valence-corrected chi connectivity index (χ4v) is 5.99. The molecule has 0 saturated heterocycles. The summed E-state index contributed by atoms with van der Waals surface area (Å²) in [6.45, 7) is 5.20. The number of hydrogen-bond donors (Lipinski definition) is 2. The fourth-order valence-electron chi connectivity index (χ4n) is 2.39. The number of carboxylic acids is 2. The first kappa shape index (κ1) is 39.6. The van der Waals surface area contributed by atoms with Crippen LogP contribution in [0.4, 0.5) is 0 Å². The average Bonchev–Trinajstić information content (AvgIpc) is 3.59. The molecule has 0 unspecified atom stereocenters. The van der Waals surface area contributed by atoms with Gasteiger partial charge in [-0.1, -0.05) is 13.2 Å². The molecule has 0 aromatic carbocycles. The topological polar surface area (TPSA) is 176 Å². The molecule has 2 aliphatic rings. The van der Waals surface area contributed by atoms with E-state index in [0.717, 1.165) is 23.2 Å². The predicted octanol–water partition coefficient (Wildman–Crippen LogP) is 0.0739. The molecule has 204 valence electrons. The largest absolute Gasteiger partial charge is 4.00 e. The number of carboxylic acid groups (broad SMARTS) is 2. The summed E-state index contributed by atoms with van der Waals surface area (Å²) in [5, 5.41) is 35.9. The van der Waals surface area contributed by atoms with Crippen molar-refractivity contribution in [1.82, 2.24) is 0 Å². The van der Waals surface area contributed by atoms with E-state index < -0.39 is 41.1 Å². The van der Waals surface area contributed by atoms with E-state index in [1.54, 1.807) is 42.7 Å².